The summed E-state index contributed by atoms with van der Waals surface area (Å²) in [5.41, 5.74) is 2.20. The van der Waals surface area contributed by atoms with Gasteiger partial charge in [0.05, 0.1) is 5.00 Å². The van der Waals surface area contributed by atoms with E-state index in [9.17, 15) is 9.59 Å². The minimum Gasteiger partial charge on any atom is -0.477 e. The van der Waals surface area contributed by atoms with E-state index in [0.29, 0.717) is 16.1 Å². The summed E-state index contributed by atoms with van der Waals surface area (Å²) in [5, 5.41) is 12.2. The molecule has 104 valence electrons. The largest absolute Gasteiger partial charge is 0.477 e. The van der Waals surface area contributed by atoms with E-state index in [1.807, 2.05) is 13.0 Å². The van der Waals surface area contributed by atoms with E-state index in [1.54, 1.807) is 25.1 Å². The monoisotopic (exact) mass is 353 g/mol. The van der Waals surface area contributed by atoms with Crippen LogP contribution in [0, 0.1) is 13.8 Å². The van der Waals surface area contributed by atoms with Crippen LogP contribution in [0.2, 0.25) is 0 Å². The van der Waals surface area contributed by atoms with Gasteiger partial charge in [0.25, 0.3) is 5.91 Å². The van der Waals surface area contributed by atoms with Gasteiger partial charge in [-0.25, -0.2) is 4.79 Å². The Balaban J connectivity index is 2.21. The third kappa shape index (κ3) is 3.08. The van der Waals surface area contributed by atoms with Crippen LogP contribution in [0.3, 0.4) is 0 Å². The summed E-state index contributed by atoms with van der Waals surface area (Å²) in [6.07, 6.45) is 0. The topological polar surface area (TPSA) is 66.4 Å². The van der Waals surface area contributed by atoms with Crippen molar-refractivity contribution in [2.45, 2.75) is 13.8 Å². The molecular weight excluding hydrogens is 342 g/mol. The highest BCUT2D eigenvalue weighted by molar-refractivity contribution is 9.10. The number of aryl methyl sites for hydroxylation is 2. The van der Waals surface area contributed by atoms with Crippen molar-refractivity contribution in [2.24, 2.45) is 0 Å². The molecule has 0 saturated carbocycles. The van der Waals surface area contributed by atoms with Crippen LogP contribution in [0.5, 0.6) is 0 Å². The Labute approximate surface area is 128 Å². The highest BCUT2D eigenvalue weighted by Crippen LogP contribution is 2.27. The van der Waals surface area contributed by atoms with Gasteiger partial charge in [0, 0.05) is 10.0 Å². The number of anilines is 1. The highest BCUT2D eigenvalue weighted by atomic mass is 79.9. The molecule has 0 aliphatic rings. The minimum absolute atomic E-state index is 0.241. The summed E-state index contributed by atoms with van der Waals surface area (Å²) in [7, 11) is 0. The van der Waals surface area contributed by atoms with Gasteiger partial charge in [-0.3, -0.25) is 4.79 Å². The number of hydrogen-bond acceptors (Lipinski definition) is 3. The lowest BCUT2D eigenvalue weighted by atomic mass is 10.1. The fourth-order valence-electron chi connectivity index (χ4n) is 1.67. The molecule has 1 amide bonds. The molecule has 2 aromatic rings. The molecule has 20 heavy (non-hydrogen) atoms. The molecule has 1 aromatic carbocycles. The van der Waals surface area contributed by atoms with Crippen LogP contribution >= 0.6 is 27.3 Å². The molecule has 0 unspecified atom stereocenters. The molecule has 4 nitrogen and oxygen atoms in total. The van der Waals surface area contributed by atoms with Crippen LogP contribution < -0.4 is 5.32 Å². The number of aromatic carboxylic acids is 1. The quantitative estimate of drug-likeness (QED) is 0.873. The second-order valence-electron chi connectivity index (χ2n) is 4.35. The molecule has 2 rings (SSSR count). The molecule has 6 heteroatoms. The van der Waals surface area contributed by atoms with Crippen LogP contribution in [-0.2, 0) is 0 Å². The van der Waals surface area contributed by atoms with Gasteiger partial charge >= 0.3 is 5.97 Å². The average molecular weight is 354 g/mol. The summed E-state index contributed by atoms with van der Waals surface area (Å²) in [5.74, 6) is -1.24. The molecule has 0 saturated heterocycles. The van der Waals surface area contributed by atoms with Crippen molar-refractivity contribution in [3.05, 3.63) is 50.3 Å². The van der Waals surface area contributed by atoms with E-state index in [-0.39, 0.29) is 10.8 Å². The zero-order valence-electron chi connectivity index (χ0n) is 10.9. The van der Waals surface area contributed by atoms with Gasteiger partial charge in [0.1, 0.15) is 4.88 Å². The molecule has 0 radical (unpaired) electrons. The van der Waals surface area contributed by atoms with Gasteiger partial charge < -0.3 is 10.4 Å². The standard InChI is InChI=1S/C14H12BrNO3S/c1-7-3-4-9(6-10(7)15)13(17)16-11-5-8(2)12(20-11)14(18)19/h3-6H,1-2H3,(H,16,17)(H,18,19). The van der Waals surface area contributed by atoms with Crippen LogP contribution in [0.4, 0.5) is 5.00 Å². The van der Waals surface area contributed by atoms with Gasteiger partial charge in [-0.2, -0.15) is 0 Å². The number of benzene rings is 1. The summed E-state index contributed by atoms with van der Waals surface area (Å²) in [4.78, 5) is 23.3. The van der Waals surface area contributed by atoms with Gasteiger partial charge in [-0.15, -0.1) is 11.3 Å². The normalized spacial score (nSPS) is 10.3. The number of nitrogens with one attached hydrogen (secondary N) is 1. The fraction of sp³-hybridized carbons (Fsp3) is 0.143. The first-order valence-electron chi connectivity index (χ1n) is 5.79. The average Bonchev–Trinajstić information content (AvgIpc) is 2.73. The van der Waals surface area contributed by atoms with Crippen LogP contribution in [0.15, 0.2) is 28.7 Å². The van der Waals surface area contributed by atoms with Crippen molar-refractivity contribution >= 4 is 44.1 Å². The van der Waals surface area contributed by atoms with E-state index < -0.39 is 5.97 Å². The molecule has 0 spiro atoms. The first-order valence-corrected chi connectivity index (χ1v) is 7.40. The smallest absolute Gasteiger partial charge is 0.346 e. The lowest BCUT2D eigenvalue weighted by Crippen LogP contribution is -2.10. The number of carboxylic acids is 1. The molecule has 2 N–H and O–H groups in total. The second kappa shape index (κ2) is 5.76. The predicted octanol–water partition coefficient (Wildman–Crippen LogP) is 4.08. The van der Waals surface area contributed by atoms with Gasteiger partial charge in [0.15, 0.2) is 0 Å². The van der Waals surface area contributed by atoms with Crippen LogP contribution in [-0.4, -0.2) is 17.0 Å². The molecule has 0 aliphatic heterocycles. The number of carbonyl (C=O) groups excluding carboxylic acids is 1. The Morgan fingerprint density at radius 1 is 1.20 bits per heavy atom. The number of rotatable bonds is 3. The van der Waals surface area contributed by atoms with Gasteiger partial charge in [-0.05, 0) is 43.2 Å². The second-order valence-corrected chi connectivity index (χ2v) is 6.25. The van der Waals surface area contributed by atoms with Crippen molar-refractivity contribution in [3.63, 3.8) is 0 Å². The van der Waals surface area contributed by atoms with Crippen LogP contribution in [0.1, 0.15) is 31.2 Å². The van der Waals surface area contributed by atoms with E-state index >= 15 is 0 Å². The van der Waals surface area contributed by atoms with Crippen molar-refractivity contribution in [3.8, 4) is 0 Å². The van der Waals surface area contributed by atoms with E-state index in [0.717, 1.165) is 21.4 Å². The maximum Gasteiger partial charge on any atom is 0.346 e. The molecule has 0 aliphatic carbocycles. The fourth-order valence-corrected chi connectivity index (χ4v) is 2.96. The zero-order chi connectivity index (χ0) is 14.9. The molecular formula is C14H12BrNO3S. The van der Waals surface area contributed by atoms with Crippen molar-refractivity contribution < 1.29 is 14.7 Å². The van der Waals surface area contributed by atoms with Gasteiger partial charge in [0.2, 0.25) is 0 Å². The lowest BCUT2D eigenvalue weighted by molar-refractivity contribution is 0.0701. The number of halogens is 1. The van der Waals surface area contributed by atoms with Crippen molar-refractivity contribution in [1.29, 1.82) is 0 Å². The maximum atomic E-state index is 12.1. The summed E-state index contributed by atoms with van der Waals surface area (Å²) in [6.45, 7) is 3.64. The molecule has 1 heterocycles. The molecule has 0 bridgehead atoms. The van der Waals surface area contributed by atoms with E-state index in [4.69, 9.17) is 5.11 Å². The van der Waals surface area contributed by atoms with Crippen molar-refractivity contribution in [1.82, 2.24) is 0 Å². The lowest BCUT2D eigenvalue weighted by Gasteiger charge is -2.04. The predicted molar refractivity (Wildman–Crippen MR) is 82.8 cm³/mol. The Bertz CT molecular complexity index is 694. The van der Waals surface area contributed by atoms with Crippen LogP contribution in [0.25, 0.3) is 0 Å². The number of carbonyl (C=O) groups is 2. The molecule has 1 aromatic heterocycles. The highest BCUT2D eigenvalue weighted by Gasteiger charge is 2.14. The number of amides is 1. The summed E-state index contributed by atoms with van der Waals surface area (Å²) < 4.78 is 0.860. The van der Waals surface area contributed by atoms with Crippen molar-refractivity contribution in [2.75, 3.05) is 5.32 Å². The molecule has 0 fully saturated rings. The minimum atomic E-state index is -0.980. The maximum absolute atomic E-state index is 12.1. The van der Waals surface area contributed by atoms with Gasteiger partial charge in [-0.1, -0.05) is 22.0 Å². The first kappa shape index (κ1) is 14.7. The Kier molecular flexibility index (Phi) is 4.25. The number of carboxylic acid groups (broad SMARTS) is 1. The first-order chi connectivity index (χ1) is 9.38. The van der Waals surface area contributed by atoms with E-state index in [1.165, 1.54) is 0 Å². The number of thiophene rings is 1. The zero-order valence-corrected chi connectivity index (χ0v) is 13.3. The summed E-state index contributed by atoms with van der Waals surface area (Å²) in [6, 6.07) is 6.98. The SMILES string of the molecule is Cc1ccc(C(=O)Nc2cc(C)c(C(=O)O)s2)cc1Br. The Morgan fingerprint density at radius 2 is 1.90 bits per heavy atom. The molecule has 0 atom stereocenters. The number of hydrogen-bond donors (Lipinski definition) is 2. The Hall–Kier alpha value is -1.66. The van der Waals surface area contributed by atoms with E-state index in [2.05, 4.69) is 21.2 Å². The Morgan fingerprint density at radius 3 is 2.45 bits per heavy atom. The summed E-state index contributed by atoms with van der Waals surface area (Å²) >= 11 is 4.43. The third-order valence-electron chi connectivity index (χ3n) is 2.78. The third-order valence-corrected chi connectivity index (χ3v) is 4.78.